The quantitative estimate of drug-likeness (QED) is 0.658. The first kappa shape index (κ1) is 15.6. The summed E-state index contributed by atoms with van der Waals surface area (Å²) in [5.41, 5.74) is 4.28. The van der Waals surface area contributed by atoms with E-state index in [0.29, 0.717) is 11.5 Å². The molecule has 0 fully saturated rings. The second kappa shape index (κ2) is 7.83. The van der Waals surface area contributed by atoms with E-state index in [1.54, 1.807) is 13.2 Å². The number of carbonyl (C=O) groups is 1. The molecule has 0 unspecified atom stereocenters. The highest BCUT2D eigenvalue weighted by Gasteiger charge is 2.02. The summed E-state index contributed by atoms with van der Waals surface area (Å²) in [6.07, 6.45) is 1.53. The summed E-state index contributed by atoms with van der Waals surface area (Å²) in [7, 11) is 1.58. The number of ether oxygens (including phenoxy) is 2. The van der Waals surface area contributed by atoms with Crippen LogP contribution in [0.3, 0.4) is 0 Å². The second-order valence-corrected chi connectivity index (χ2v) is 4.64. The van der Waals surface area contributed by atoms with E-state index in [2.05, 4.69) is 10.5 Å². The smallest absolute Gasteiger partial charge is 0.277 e. The monoisotopic (exact) mass is 298 g/mol. The van der Waals surface area contributed by atoms with Crippen LogP contribution >= 0.6 is 0 Å². The summed E-state index contributed by atoms with van der Waals surface area (Å²) < 4.78 is 10.6. The molecule has 0 bridgehead atoms. The largest absolute Gasteiger partial charge is 0.496 e. The fourth-order valence-electron chi connectivity index (χ4n) is 1.83. The molecule has 0 atom stereocenters. The molecule has 0 aliphatic rings. The molecule has 0 aliphatic carbocycles. The molecule has 0 heterocycles. The van der Waals surface area contributed by atoms with E-state index in [9.17, 15) is 4.79 Å². The number of hydrazone groups is 1. The summed E-state index contributed by atoms with van der Waals surface area (Å²) >= 11 is 0. The number of methoxy groups -OCH3 is 1. The van der Waals surface area contributed by atoms with Crippen LogP contribution in [-0.4, -0.2) is 25.8 Å². The van der Waals surface area contributed by atoms with Crippen LogP contribution in [0.1, 0.15) is 11.1 Å². The van der Waals surface area contributed by atoms with Gasteiger partial charge < -0.3 is 9.47 Å². The van der Waals surface area contributed by atoms with Gasteiger partial charge >= 0.3 is 0 Å². The molecule has 0 radical (unpaired) electrons. The molecule has 0 aromatic heterocycles. The van der Waals surface area contributed by atoms with Gasteiger partial charge in [-0.1, -0.05) is 24.3 Å². The van der Waals surface area contributed by atoms with Gasteiger partial charge in [-0.25, -0.2) is 5.43 Å². The topological polar surface area (TPSA) is 59.9 Å². The zero-order valence-electron chi connectivity index (χ0n) is 12.6. The third kappa shape index (κ3) is 4.63. The van der Waals surface area contributed by atoms with Crippen molar-refractivity contribution in [2.45, 2.75) is 6.92 Å². The first-order valence-electron chi connectivity index (χ1n) is 6.83. The maximum absolute atomic E-state index is 11.7. The Kier molecular flexibility index (Phi) is 5.54. The number of hydrogen-bond acceptors (Lipinski definition) is 4. The molecule has 0 saturated heterocycles. The van der Waals surface area contributed by atoms with Crippen molar-refractivity contribution in [3.63, 3.8) is 0 Å². The molecule has 2 aromatic rings. The first-order valence-corrected chi connectivity index (χ1v) is 6.83. The van der Waals surface area contributed by atoms with E-state index in [1.807, 2.05) is 49.4 Å². The lowest BCUT2D eigenvalue weighted by atomic mass is 10.2. The van der Waals surface area contributed by atoms with Gasteiger partial charge in [-0.3, -0.25) is 4.79 Å². The summed E-state index contributed by atoms with van der Waals surface area (Å²) in [6, 6.07) is 14.9. The van der Waals surface area contributed by atoms with Crippen LogP contribution in [0.5, 0.6) is 11.5 Å². The normalized spacial score (nSPS) is 10.5. The van der Waals surface area contributed by atoms with Crippen molar-refractivity contribution in [1.29, 1.82) is 0 Å². The second-order valence-electron chi connectivity index (χ2n) is 4.64. The van der Waals surface area contributed by atoms with E-state index in [4.69, 9.17) is 9.47 Å². The molecule has 0 saturated carbocycles. The third-order valence-corrected chi connectivity index (χ3v) is 2.89. The van der Waals surface area contributed by atoms with Gasteiger partial charge in [0.1, 0.15) is 11.5 Å². The summed E-state index contributed by atoms with van der Waals surface area (Å²) in [5, 5.41) is 3.90. The fourth-order valence-corrected chi connectivity index (χ4v) is 1.83. The zero-order chi connectivity index (χ0) is 15.8. The summed E-state index contributed by atoms with van der Waals surface area (Å²) in [5.74, 6) is 1.02. The van der Waals surface area contributed by atoms with E-state index in [1.165, 1.54) is 6.21 Å². The van der Waals surface area contributed by atoms with Crippen molar-refractivity contribution in [3.8, 4) is 11.5 Å². The van der Waals surface area contributed by atoms with Gasteiger partial charge in [0.05, 0.1) is 13.3 Å². The molecule has 114 valence electrons. The fraction of sp³-hybridized carbons (Fsp3) is 0.176. The number of aryl methyl sites for hydroxylation is 1. The van der Waals surface area contributed by atoms with Gasteiger partial charge in [-0.2, -0.15) is 5.10 Å². The number of amides is 1. The molecular weight excluding hydrogens is 280 g/mol. The molecule has 2 rings (SSSR count). The maximum Gasteiger partial charge on any atom is 0.277 e. The molecule has 2 aromatic carbocycles. The molecule has 0 spiro atoms. The molecular formula is C17H18N2O3. The van der Waals surface area contributed by atoms with Gasteiger partial charge in [0.25, 0.3) is 5.91 Å². The molecule has 1 amide bonds. The van der Waals surface area contributed by atoms with Gasteiger partial charge in [-0.15, -0.1) is 0 Å². The van der Waals surface area contributed by atoms with E-state index in [0.717, 1.165) is 11.1 Å². The van der Waals surface area contributed by atoms with E-state index >= 15 is 0 Å². The minimum atomic E-state index is -0.326. The summed E-state index contributed by atoms with van der Waals surface area (Å²) in [4.78, 5) is 11.7. The minimum absolute atomic E-state index is 0.0906. The predicted octanol–water partition coefficient (Wildman–Crippen LogP) is 2.53. The number of para-hydroxylation sites is 1. The number of nitrogens with one attached hydrogen (secondary N) is 1. The lowest BCUT2D eigenvalue weighted by molar-refractivity contribution is -0.123. The number of carbonyl (C=O) groups excluding carboxylic acids is 1. The van der Waals surface area contributed by atoms with Crippen molar-refractivity contribution < 1.29 is 14.3 Å². The highest BCUT2D eigenvalue weighted by molar-refractivity contribution is 5.85. The Morgan fingerprint density at radius 3 is 2.82 bits per heavy atom. The van der Waals surface area contributed by atoms with Crippen LogP contribution in [0, 0.1) is 6.92 Å². The van der Waals surface area contributed by atoms with Crippen molar-refractivity contribution in [2.75, 3.05) is 13.7 Å². The van der Waals surface area contributed by atoms with Gasteiger partial charge in [0.2, 0.25) is 0 Å². The predicted molar refractivity (Wildman–Crippen MR) is 85.4 cm³/mol. The molecule has 5 heteroatoms. The Balaban J connectivity index is 1.83. The highest BCUT2D eigenvalue weighted by atomic mass is 16.5. The molecule has 5 nitrogen and oxygen atoms in total. The zero-order valence-corrected chi connectivity index (χ0v) is 12.6. The summed E-state index contributed by atoms with van der Waals surface area (Å²) in [6.45, 7) is 1.87. The Bertz CT molecular complexity index is 668. The van der Waals surface area contributed by atoms with E-state index in [-0.39, 0.29) is 12.5 Å². The Morgan fingerprint density at radius 1 is 1.23 bits per heavy atom. The standard InChI is InChI=1S/C17H18N2O3/c1-13-6-5-8-15(10-13)22-12-17(20)19-18-11-14-7-3-4-9-16(14)21-2/h3-11H,12H2,1-2H3,(H,19,20). The highest BCUT2D eigenvalue weighted by Crippen LogP contribution is 2.14. The van der Waals surface area contributed by atoms with Crippen LogP contribution in [-0.2, 0) is 4.79 Å². The third-order valence-electron chi connectivity index (χ3n) is 2.89. The first-order chi connectivity index (χ1) is 10.7. The number of nitrogens with zero attached hydrogens (tertiary/aromatic N) is 1. The van der Waals surface area contributed by atoms with Crippen LogP contribution in [0.4, 0.5) is 0 Å². The van der Waals surface area contributed by atoms with Crippen molar-refractivity contribution in [1.82, 2.24) is 5.43 Å². The van der Waals surface area contributed by atoms with Gasteiger partial charge in [0, 0.05) is 5.56 Å². The number of benzene rings is 2. The van der Waals surface area contributed by atoms with Crippen LogP contribution in [0.2, 0.25) is 0 Å². The average Bonchev–Trinajstić information content (AvgIpc) is 2.53. The Labute approximate surface area is 129 Å². The van der Waals surface area contributed by atoms with Crippen LogP contribution in [0.15, 0.2) is 53.6 Å². The minimum Gasteiger partial charge on any atom is -0.496 e. The Morgan fingerprint density at radius 2 is 2.05 bits per heavy atom. The van der Waals surface area contributed by atoms with Crippen LogP contribution < -0.4 is 14.9 Å². The molecule has 1 N–H and O–H groups in total. The molecule has 0 aliphatic heterocycles. The van der Waals surface area contributed by atoms with Crippen LogP contribution in [0.25, 0.3) is 0 Å². The average molecular weight is 298 g/mol. The number of hydrogen-bond donors (Lipinski definition) is 1. The number of rotatable bonds is 6. The lowest BCUT2D eigenvalue weighted by Crippen LogP contribution is -2.24. The maximum atomic E-state index is 11.7. The van der Waals surface area contributed by atoms with Gasteiger partial charge in [0.15, 0.2) is 6.61 Å². The van der Waals surface area contributed by atoms with E-state index < -0.39 is 0 Å². The van der Waals surface area contributed by atoms with Crippen molar-refractivity contribution in [2.24, 2.45) is 5.10 Å². The lowest BCUT2D eigenvalue weighted by Gasteiger charge is -2.06. The Hall–Kier alpha value is -2.82. The van der Waals surface area contributed by atoms with Crippen molar-refractivity contribution >= 4 is 12.1 Å². The van der Waals surface area contributed by atoms with Crippen molar-refractivity contribution in [3.05, 3.63) is 59.7 Å². The van der Waals surface area contributed by atoms with Gasteiger partial charge in [-0.05, 0) is 36.8 Å². The molecule has 22 heavy (non-hydrogen) atoms. The SMILES string of the molecule is COc1ccccc1C=NNC(=O)COc1cccc(C)c1.